The van der Waals surface area contributed by atoms with Gasteiger partial charge in [0.1, 0.15) is 11.9 Å². The number of Topliss-reactive ketones (excluding diaryl/α,β-unsaturated/α-hetero) is 1. The van der Waals surface area contributed by atoms with E-state index in [9.17, 15) is 9.18 Å². The number of carbonyl (C=O) groups is 1. The first-order chi connectivity index (χ1) is 8.75. The maximum Gasteiger partial charge on any atom is 0.166 e. The molecule has 0 fully saturated rings. The van der Waals surface area contributed by atoms with Gasteiger partial charge in [0.15, 0.2) is 5.78 Å². The fraction of sp³-hybridized carbons (Fsp3) is 0.533. The summed E-state index contributed by atoms with van der Waals surface area (Å²) in [5.41, 5.74) is 0.381. The zero-order chi connectivity index (χ0) is 14.6. The highest BCUT2D eigenvalue weighted by molar-refractivity contribution is 9.10. The molecule has 0 N–H and O–H groups in total. The molecule has 106 valence electrons. The number of ether oxygens (including phenoxy) is 1. The SMILES string of the molecule is CCOC(C(=O)Cc1cc(F)ccc1Br)C(C)(C)C. The monoisotopic (exact) mass is 330 g/mol. The highest BCUT2D eigenvalue weighted by Crippen LogP contribution is 2.26. The predicted octanol–water partition coefficient (Wildman–Crippen LogP) is 4.15. The minimum atomic E-state index is -0.479. The Kier molecular flexibility index (Phi) is 5.68. The zero-order valence-electron chi connectivity index (χ0n) is 11.8. The van der Waals surface area contributed by atoms with Crippen LogP contribution >= 0.6 is 15.9 Å². The molecule has 0 spiro atoms. The fourth-order valence-electron chi connectivity index (χ4n) is 1.95. The molecule has 0 radical (unpaired) electrons. The standard InChI is InChI=1S/C15H20BrFO2/c1-5-19-14(15(2,3)4)13(18)9-10-8-11(17)6-7-12(10)16/h6-8,14H,5,9H2,1-4H3. The molecule has 0 saturated carbocycles. The molecule has 0 amide bonds. The highest BCUT2D eigenvalue weighted by atomic mass is 79.9. The summed E-state index contributed by atoms with van der Waals surface area (Å²) in [6, 6.07) is 4.36. The lowest BCUT2D eigenvalue weighted by atomic mass is 9.84. The van der Waals surface area contributed by atoms with E-state index in [0.717, 1.165) is 4.47 Å². The van der Waals surface area contributed by atoms with Gasteiger partial charge in [-0.2, -0.15) is 0 Å². The molecule has 1 unspecified atom stereocenters. The third kappa shape index (κ3) is 4.69. The van der Waals surface area contributed by atoms with E-state index in [-0.39, 0.29) is 23.4 Å². The summed E-state index contributed by atoms with van der Waals surface area (Å²) in [5.74, 6) is -0.365. The van der Waals surface area contributed by atoms with Crippen LogP contribution in [-0.4, -0.2) is 18.5 Å². The Hall–Kier alpha value is -0.740. The van der Waals surface area contributed by atoms with E-state index in [1.807, 2.05) is 27.7 Å². The van der Waals surface area contributed by atoms with Crippen LogP contribution in [-0.2, 0) is 16.0 Å². The molecule has 1 aromatic carbocycles. The lowest BCUT2D eigenvalue weighted by molar-refractivity contribution is -0.136. The average molecular weight is 331 g/mol. The van der Waals surface area contributed by atoms with Crippen molar-refractivity contribution in [3.05, 3.63) is 34.1 Å². The maximum atomic E-state index is 13.2. The second kappa shape index (κ2) is 6.62. The van der Waals surface area contributed by atoms with E-state index in [1.54, 1.807) is 6.07 Å². The zero-order valence-corrected chi connectivity index (χ0v) is 13.4. The lowest BCUT2D eigenvalue weighted by Gasteiger charge is -2.29. The molecule has 0 heterocycles. The average Bonchev–Trinajstić information content (AvgIpc) is 2.29. The topological polar surface area (TPSA) is 26.3 Å². The quantitative estimate of drug-likeness (QED) is 0.810. The minimum absolute atomic E-state index is 0.0272. The number of ketones is 1. The normalized spacial score (nSPS) is 13.4. The summed E-state index contributed by atoms with van der Waals surface area (Å²) in [4.78, 5) is 12.3. The van der Waals surface area contributed by atoms with Crippen LogP contribution in [0.1, 0.15) is 33.3 Å². The Morgan fingerprint density at radius 2 is 2.05 bits per heavy atom. The van der Waals surface area contributed by atoms with Gasteiger partial charge < -0.3 is 4.74 Å². The Labute approximate surface area is 122 Å². The number of benzene rings is 1. The molecule has 4 heteroatoms. The van der Waals surface area contributed by atoms with E-state index in [4.69, 9.17) is 4.74 Å². The summed E-state index contributed by atoms with van der Waals surface area (Å²) in [7, 11) is 0. The summed E-state index contributed by atoms with van der Waals surface area (Å²) in [5, 5.41) is 0. The van der Waals surface area contributed by atoms with Gasteiger partial charge in [-0.05, 0) is 36.1 Å². The van der Waals surface area contributed by atoms with Crippen molar-refractivity contribution in [2.24, 2.45) is 5.41 Å². The molecule has 0 saturated heterocycles. The Morgan fingerprint density at radius 3 is 2.58 bits per heavy atom. The van der Waals surface area contributed by atoms with Crippen LogP contribution in [0.15, 0.2) is 22.7 Å². The van der Waals surface area contributed by atoms with Gasteiger partial charge in [0.2, 0.25) is 0 Å². The van der Waals surface area contributed by atoms with Gasteiger partial charge in [0, 0.05) is 17.5 Å². The number of rotatable bonds is 5. The summed E-state index contributed by atoms with van der Waals surface area (Å²) < 4.78 is 19.5. The van der Waals surface area contributed by atoms with Gasteiger partial charge in [-0.1, -0.05) is 36.7 Å². The van der Waals surface area contributed by atoms with Crippen molar-refractivity contribution >= 4 is 21.7 Å². The number of carbonyl (C=O) groups excluding carboxylic acids is 1. The molecule has 1 atom stereocenters. The van der Waals surface area contributed by atoms with Crippen LogP contribution in [0.5, 0.6) is 0 Å². The number of hydrogen-bond donors (Lipinski definition) is 0. The molecular formula is C15H20BrFO2. The van der Waals surface area contributed by atoms with Gasteiger partial charge in [0.05, 0.1) is 0 Å². The van der Waals surface area contributed by atoms with Crippen molar-refractivity contribution in [2.45, 2.75) is 40.2 Å². The third-order valence-corrected chi connectivity index (χ3v) is 3.56. The van der Waals surface area contributed by atoms with E-state index in [2.05, 4.69) is 15.9 Å². The third-order valence-electron chi connectivity index (χ3n) is 2.78. The van der Waals surface area contributed by atoms with Crippen LogP contribution in [0, 0.1) is 11.2 Å². The molecule has 1 aromatic rings. The van der Waals surface area contributed by atoms with Crippen molar-refractivity contribution in [3.63, 3.8) is 0 Å². The molecule has 0 bridgehead atoms. The Morgan fingerprint density at radius 1 is 1.42 bits per heavy atom. The predicted molar refractivity (Wildman–Crippen MR) is 77.7 cm³/mol. The Balaban J connectivity index is 2.90. The Bertz CT molecular complexity index is 452. The van der Waals surface area contributed by atoms with Gasteiger partial charge in [0.25, 0.3) is 0 Å². The summed E-state index contributed by atoms with van der Waals surface area (Å²) in [6.45, 7) is 8.24. The van der Waals surface area contributed by atoms with Crippen molar-refractivity contribution in [2.75, 3.05) is 6.61 Å². The van der Waals surface area contributed by atoms with E-state index in [0.29, 0.717) is 12.2 Å². The molecule has 0 aliphatic carbocycles. The molecule has 0 aromatic heterocycles. The minimum Gasteiger partial charge on any atom is -0.370 e. The molecule has 1 rings (SSSR count). The summed E-state index contributed by atoms with van der Waals surface area (Å²) >= 11 is 3.34. The van der Waals surface area contributed by atoms with Crippen LogP contribution in [0.4, 0.5) is 4.39 Å². The molecular weight excluding hydrogens is 311 g/mol. The van der Waals surface area contributed by atoms with Crippen LogP contribution in [0.3, 0.4) is 0 Å². The summed E-state index contributed by atoms with van der Waals surface area (Å²) in [6.07, 6.45) is -0.312. The molecule has 0 aliphatic rings. The smallest absolute Gasteiger partial charge is 0.166 e. The maximum absolute atomic E-state index is 13.2. The van der Waals surface area contributed by atoms with Gasteiger partial charge in [-0.15, -0.1) is 0 Å². The highest BCUT2D eigenvalue weighted by Gasteiger charge is 2.31. The van der Waals surface area contributed by atoms with E-state index < -0.39 is 6.10 Å². The number of halogens is 2. The van der Waals surface area contributed by atoms with Crippen molar-refractivity contribution in [1.29, 1.82) is 0 Å². The molecule has 2 nitrogen and oxygen atoms in total. The van der Waals surface area contributed by atoms with Crippen molar-refractivity contribution in [3.8, 4) is 0 Å². The van der Waals surface area contributed by atoms with Crippen LogP contribution < -0.4 is 0 Å². The van der Waals surface area contributed by atoms with Gasteiger partial charge >= 0.3 is 0 Å². The van der Waals surface area contributed by atoms with Crippen molar-refractivity contribution in [1.82, 2.24) is 0 Å². The fourth-order valence-corrected chi connectivity index (χ4v) is 2.34. The molecule has 0 aliphatic heterocycles. The van der Waals surface area contributed by atoms with Crippen LogP contribution in [0.2, 0.25) is 0 Å². The second-order valence-electron chi connectivity index (χ2n) is 5.58. The lowest BCUT2D eigenvalue weighted by Crippen LogP contribution is -2.38. The van der Waals surface area contributed by atoms with Crippen LogP contribution in [0.25, 0.3) is 0 Å². The van der Waals surface area contributed by atoms with Gasteiger partial charge in [-0.3, -0.25) is 4.79 Å². The first kappa shape index (κ1) is 16.3. The van der Waals surface area contributed by atoms with Gasteiger partial charge in [-0.25, -0.2) is 4.39 Å². The van der Waals surface area contributed by atoms with E-state index >= 15 is 0 Å². The number of hydrogen-bond acceptors (Lipinski definition) is 2. The molecule has 19 heavy (non-hydrogen) atoms. The largest absolute Gasteiger partial charge is 0.370 e. The first-order valence-corrected chi connectivity index (χ1v) is 7.13. The second-order valence-corrected chi connectivity index (χ2v) is 6.43. The first-order valence-electron chi connectivity index (χ1n) is 6.34. The van der Waals surface area contributed by atoms with Crippen molar-refractivity contribution < 1.29 is 13.9 Å². The van der Waals surface area contributed by atoms with E-state index in [1.165, 1.54) is 12.1 Å².